The number of imidazole rings is 2. The summed E-state index contributed by atoms with van der Waals surface area (Å²) in [6, 6.07) is 13.7. The van der Waals surface area contributed by atoms with Gasteiger partial charge in [0, 0.05) is 12.4 Å². The number of carbonyl (C=O) groups excluding carboxylic acids is 1. The van der Waals surface area contributed by atoms with Crippen LogP contribution in [0.15, 0.2) is 61.1 Å². The van der Waals surface area contributed by atoms with Crippen LogP contribution in [0.5, 0.6) is 0 Å². The maximum atomic E-state index is 12.7. The average molecular weight is 359 g/mol. The minimum atomic E-state index is -0.208. The number of H-pyrrole nitrogens is 1. The predicted octanol–water partition coefficient (Wildman–Crippen LogP) is 3.91. The topological polar surface area (TPSA) is 75.1 Å². The number of fused-ring (bicyclic) bond motifs is 1. The molecule has 6 nitrogen and oxygen atoms in total. The second-order valence-corrected chi connectivity index (χ2v) is 6.58. The van der Waals surface area contributed by atoms with Gasteiger partial charge in [0.15, 0.2) is 0 Å². The molecule has 136 valence electrons. The van der Waals surface area contributed by atoms with Crippen LogP contribution in [-0.4, -0.2) is 25.3 Å². The number of hydrogen-bond donors (Lipinski definition) is 2. The number of aryl methyl sites for hydroxylation is 1. The monoisotopic (exact) mass is 359 g/mol. The summed E-state index contributed by atoms with van der Waals surface area (Å²) in [5, 5.41) is 3.03. The molecule has 3 aromatic heterocycles. The highest BCUT2D eigenvalue weighted by atomic mass is 16.2. The molecule has 4 aromatic rings. The van der Waals surface area contributed by atoms with E-state index in [0.29, 0.717) is 5.69 Å². The lowest BCUT2D eigenvalue weighted by Crippen LogP contribution is -2.29. The maximum Gasteiger partial charge on any atom is 0.272 e. The zero-order valence-electron chi connectivity index (χ0n) is 15.3. The maximum absolute atomic E-state index is 12.7. The van der Waals surface area contributed by atoms with Crippen molar-refractivity contribution in [2.24, 2.45) is 0 Å². The molecule has 1 atom stereocenters. The van der Waals surface area contributed by atoms with Gasteiger partial charge in [-0.15, -0.1) is 0 Å². The number of pyridine rings is 1. The molecular formula is C21H21N5O. The van der Waals surface area contributed by atoms with E-state index in [1.165, 1.54) is 0 Å². The van der Waals surface area contributed by atoms with Crippen molar-refractivity contribution in [3.63, 3.8) is 0 Å². The number of benzene rings is 1. The molecule has 0 bridgehead atoms. The van der Waals surface area contributed by atoms with E-state index in [9.17, 15) is 4.79 Å². The minimum absolute atomic E-state index is 0.207. The van der Waals surface area contributed by atoms with Crippen LogP contribution in [0.25, 0.3) is 16.9 Å². The highest BCUT2D eigenvalue weighted by Crippen LogP contribution is 2.21. The fraction of sp³-hybridized carbons (Fsp3) is 0.190. The number of rotatable bonds is 5. The van der Waals surface area contributed by atoms with E-state index < -0.39 is 0 Å². The third-order valence-corrected chi connectivity index (χ3v) is 4.57. The first-order chi connectivity index (χ1) is 13.1. The van der Waals surface area contributed by atoms with Crippen LogP contribution in [0.4, 0.5) is 0 Å². The third kappa shape index (κ3) is 3.46. The molecule has 1 amide bonds. The summed E-state index contributed by atoms with van der Waals surface area (Å²) in [4.78, 5) is 24.9. The molecule has 0 aliphatic carbocycles. The van der Waals surface area contributed by atoms with Crippen molar-refractivity contribution in [1.29, 1.82) is 0 Å². The molecule has 1 unspecified atom stereocenters. The first kappa shape index (κ1) is 17.0. The number of hydrogen-bond acceptors (Lipinski definition) is 3. The second-order valence-electron chi connectivity index (χ2n) is 6.58. The first-order valence-corrected chi connectivity index (χ1v) is 9.00. The van der Waals surface area contributed by atoms with Gasteiger partial charge in [-0.05, 0) is 36.6 Å². The molecule has 4 rings (SSSR count). The third-order valence-electron chi connectivity index (χ3n) is 4.57. The smallest absolute Gasteiger partial charge is 0.272 e. The van der Waals surface area contributed by atoms with E-state index >= 15 is 0 Å². The van der Waals surface area contributed by atoms with Crippen molar-refractivity contribution in [2.75, 3.05) is 0 Å². The first-order valence-electron chi connectivity index (χ1n) is 9.00. The van der Waals surface area contributed by atoms with Gasteiger partial charge in [-0.1, -0.05) is 37.3 Å². The van der Waals surface area contributed by atoms with Gasteiger partial charge in [-0.25, -0.2) is 9.97 Å². The van der Waals surface area contributed by atoms with Gasteiger partial charge in [-0.2, -0.15) is 0 Å². The summed E-state index contributed by atoms with van der Waals surface area (Å²) in [5.74, 6) is 0.533. The van der Waals surface area contributed by atoms with Crippen LogP contribution in [0, 0.1) is 6.92 Å². The van der Waals surface area contributed by atoms with Gasteiger partial charge in [0.05, 0.1) is 17.9 Å². The van der Waals surface area contributed by atoms with Crippen LogP contribution in [0.2, 0.25) is 0 Å². The van der Waals surface area contributed by atoms with E-state index in [4.69, 9.17) is 0 Å². The molecule has 0 saturated carbocycles. The molecule has 0 fully saturated rings. The van der Waals surface area contributed by atoms with Crippen LogP contribution in [0.1, 0.15) is 41.3 Å². The summed E-state index contributed by atoms with van der Waals surface area (Å²) < 4.78 is 1.85. The Balaban J connectivity index is 1.54. The Morgan fingerprint density at radius 3 is 2.85 bits per heavy atom. The van der Waals surface area contributed by atoms with Gasteiger partial charge in [0.25, 0.3) is 5.91 Å². The lowest BCUT2D eigenvalue weighted by Gasteiger charge is -2.13. The average Bonchev–Trinajstić information content (AvgIpc) is 3.33. The Labute approximate surface area is 157 Å². The van der Waals surface area contributed by atoms with E-state index in [1.807, 2.05) is 66.9 Å². The molecule has 6 heteroatoms. The zero-order valence-corrected chi connectivity index (χ0v) is 15.3. The normalized spacial score (nSPS) is 12.2. The number of nitrogens with one attached hydrogen (secondary N) is 2. The summed E-state index contributed by atoms with van der Waals surface area (Å²) in [6.45, 7) is 4.02. The van der Waals surface area contributed by atoms with Crippen molar-refractivity contribution in [2.45, 2.75) is 26.3 Å². The highest BCUT2D eigenvalue weighted by Gasteiger charge is 2.19. The largest absolute Gasteiger partial charge is 0.341 e. The molecule has 0 aliphatic heterocycles. The van der Waals surface area contributed by atoms with E-state index in [0.717, 1.165) is 34.7 Å². The number of nitrogens with zero attached hydrogens (tertiary/aromatic N) is 3. The number of amides is 1. The summed E-state index contributed by atoms with van der Waals surface area (Å²) in [5.41, 5.74) is 4.26. The molecular weight excluding hydrogens is 338 g/mol. The number of aromatic nitrogens is 4. The van der Waals surface area contributed by atoms with Crippen molar-refractivity contribution in [3.05, 3.63) is 78.1 Å². The summed E-state index contributed by atoms with van der Waals surface area (Å²) in [7, 11) is 0. The van der Waals surface area contributed by atoms with E-state index in [1.54, 1.807) is 12.4 Å². The molecule has 0 saturated heterocycles. The van der Waals surface area contributed by atoms with Crippen molar-refractivity contribution in [1.82, 2.24) is 24.7 Å². The Morgan fingerprint density at radius 1 is 1.26 bits per heavy atom. The van der Waals surface area contributed by atoms with Crippen LogP contribution >= 0.6 is 0 Å². The summed E-state index contributed by atoms with van der Waals surface area (Å²) >= 11 is 0. The van der Waals surface area contributed by atoms with Gasteiger partial charge < -0.3 is 14.7 Å². The Kier molecular flexibility index (Phi) is 4.46. The van der Waals surface area contributed by atoms with E-state index in [-0.39, 0.29) is 11.9 Å². The lowest BCUT2D eigenvalue weighted by atomic mass is 10.2. The molecule has 0 aliphatic rings. The van der Waals surface area contributed by atoms with Crippen LogP contribution in [-0.2, 0) is 0 Å². The predicted molar refractivity (Wildman–Crippen MR) is 104 cm³/mol. The lowest BCUT2D eigenvalue weighted by molar-refractivity contribution is 0.0929. The Morgan fingerprint density at radius 2 is 2.07 bits per heavy atom. The van der Waals surface area contributed by atoms with Crippen molar-refractivity contribution < 1.29 is 4.79 Å². The molecule has 0 radical (unpaired) electrons. The molecule has 27 heavy (non-hydrogen) atoms. The van der Waals surface area contributed by atoms with E-state index in [2.05, 4.69) is 20.3 Å². The van der Waals surface area contributed by atoms with Gasteiger partial charge >= 0.3 is 0 Å². The molecule has 1 aromatic carbocycles. The number of carbonyl (C=O) groups is 1. The van der Waals surface area contributed by atoms with Gasteiger partial charge in [-0.3, -0.25) is 4.79 Å². The zero-order chi connectivity index (χ0) is 18.8. The standard InChI is InChI=1S/C21H21N5O/c1-3-16(20-22-12-17(24-20)15-7-5-4-6-8-15)25-21(27)18-13-26-10-9-14(2)11-19(26)23-18/h4-13,16H,3H2,1-2H3,(H,22,24)(H,25,27). The fourth-order valence-electron chi connectivity index (χ4n) is 3.07. The summed E-state index contributed by atoms with van der Waals surface area (Å²) in [6.07, 6.45) is 6.17. The van der Waals surface area contributed by atoms with Crippen molar-refractivity contribution >= 4 is 11.6 Å². The fourth-order valence-corrected chi connectivity index (χ4v) is 3.07. The van der Waals surface area contributed by atoms with Crippen LogP contribution < -0.4 is 5.32 Å². The second kappa shape index (κ2) is 7.07. The van der Waals surface area contributed by atoms with Gasteiger partial charge in [0.2, 0.25) is 0 Å². The number of aromatic amines is 1. The Hall–Kier alpha value is -3.41. The minimum Gasteiger partial charge on any atom is -0.341 e. The molecule has 0 spiro atoms. The SMILES string of the molecule is CCC(NC(=O)c1cn2ccc(C)cc2n1)c1ncc(-c2ccccc2)[nH]1. The Bertz CT molecular complexity index is 1080. The quantitative estimate of drug-likeness (QED) is 0.567. The van der Waals surface area contributed by atoms with Gasteiger partial charge in [0.1, 0.15) is 17.2 Å². The van der Waals surface area contributed by atoms with Crippen molar-refractivity contribution in [3.8, 4) is 11.3 Å². The van der Waals surface area contributed by atoms with Crippen LogP contribution in [0.3, 0.4) is 0 Å². The molecule has 2 N–H and O–H groups in total. The highest BCUT2D eigenvalue weighted by molar-refractivity contribution is 5.93. The molecule has 3 heterocycles.